The smallest absolute Gasteiger partial charge is 0.122 e. The average Bonchev–Trinajstić information content (AvgIpc) is 2.88. The van der Waals surface area contributed by atoms with Crippen LogP contribution in [0.15, 0.2) is 22.8 Å². The summed E-state index contributed by atoms with van der Waals surface area (Å²) in [5.74, 6) is 1.65. The van der Waals surface area contributed by atoms with Crippen molar-refractivity contribution in [2.75, 3.05) is 27.2 Å². The highest BCUT2D eigenvalue weighted by atomic mass is 16.3. The van der Waals surface area contributed by atoms with Crippen LogP contribution in [-0.2, 0) is 0 Å². The van der Waals surface area contributed by atoms with Gasteiger partial charge in [-0.15, -0.1) is 0 Å². The van der Waals surface area contributed by atoms with Gasteiger partial charge in [0, 0.05) is 25.2 Å². The number of rotatable bonds is 4. The second-order valence-corrected chi connectivity index (χ2v) is 5.78. The third kappa shape index (κ3) is 2.60. The second kappa shape index (κ2) is 5.43. The van der Waals surface area contributed by atoms with Gasteiger partial charge in [-0.3, -0.25) is 4.90 Å². The van der Waals surface area contributed by atoms with Gasteiger partial charge in [0.1, 0.15) is 5.76 Å². The van der Waals surface area contributed by atoms with E-state index < -0.39 is 0 Å². The van der Waals surface area contributed by atoms with Crippen molar-refractivity contribution in [1.29, 1.82) is 0 Å². The largest absolute Gasteiger partial charge is 0.468 e. The minimum Gasteiger partial charge on any atom is -0.468 e. The van der Waals surface area contributed by atoms with Gasteiger partial charge in [-0.1, -0.05) is 6.92 Å². The zero-order chi connectivity index (χ0) is 13.3. The van der Waals surface area contributed by atoms with E-state index in [4.69, 9.17) is 10.2 Å². The standard InChI is InChI=1S/C14H25N3O/c1-10-8-17(9-12(10)16(3)4)14(11(2)15)13-6-5-7-18-13/h5-7,10-12,14H,8-9,15H2,1-4H3. The number of furan rings is 1. The van der Waals surface area contributed by atoms with E-state index in [-0.39, 0.29) is 12.1 Å². The van der Waals surface area contributed by atoms with Crippen molar-refractivity contribution in [1.82, 2.24) is 9.80 Å². The Hall–Kier alpha value is -0.840. The molecular formula is C14H25N3O. The van der Waals surface area contributed by atoms with Crippen molar-refractivity contribution < 1.29 is 4.42 Å². The molecule has 1 aliphatic rings. The molecule has 0 aliphatic carbocycles. The van der Waals surface area contributed by atoms with Crippen LogP contribution in [-0.4, -0.2) is 49.1 Å². The van der Waals surface area contributed by atoms with Crippen LogP contribution in [0, 0.1) is 5.92 Å². The van der Waals surface area contributed by atoms with Crippen molar-refractivity contribution in [3.63, 3.8) is 0 Å². The minimum absolute atomic E-state index is 0.0734. The molecule has 2 rings (SSSR count). The Bertz CT molecular complexity index is 361. The van der Waals surface area contributed by atoms with Crippen molar-refractivity contribution in [2.45, 2.75) is 32.0 Å². The molecule has 4 nitrogen and oxygen atoms in total. The zero-order valence-corrected chi connectivity index (χ0v) is 11.8. The fourth-order valence-corrected chi connectivity index (χ4v) is 3.12. The number of nitrogens with zero attached hydrogens (tertiary/aromatic N) is 2. The van der Waals surface area contributed by atoms with Crippen molar-refractivity contribution >= 4 is 0 Å². The quantitative estimate of drug-likeness (QED) is 0.882. The lowest BCUT2D eigenvalue weighted by Crippen LogP contribution is -2.40. The fraction of sp³-hybridized carbons (Fsp3) is 0.714. The van der Waals surface area contributed by atoms with Gasteiger partial charge in [0.2, 0.25) is 0 Å². The van der Waals surface area contributed by atoms with Crippen LogP contribution in [0.4, 0.5) is 0 Å². The molecule has 1 aromatic heterocycles. The molecular weight excluding hydrogens is 226 g/mol. The molecule has 0 radical (unpaired) electrons. The Balaban J connectivity index is 2.14. The monoisotopic (exact) mass is 251 g/mol. The highest BCUT2D eigenvalue weighted by Gasteiger charge is 2.37. The molecule has 0 spiro atoms. The van der Waals surface area contributed by atoms with E-state index in [0.717, 1.165) is 18.8 Å². The van der Waals surface area contributed by atoms with Crippen molar-refractivity contribution in [2.24, 2.45) is 11.7 Å². The maximum atomic E-state index is 6.16. The highest BCUT2D eigenvalue weighted by molar-refractivity contribution is 5.09. The summed E-state index contributed by atoms with van der Waals surface area (Å²) in [6.45, 7) is 6.50. The third-order valence-corrected chi connectivity index (χ3v) is 3.99. The number of hydrogen-bond acceptors (Lipinski definition) is 4. The van der Waals surface area contributed by atoms with E-state index >= 15 is 0 Å². The molecule has 1 aliphatic heterocycles. The molecule has 0 aromatic carbocycles. The van der Waals surface area contributed by atoms with Crippen LogP contribution in [0.5, 0.6) is 0 Å². The summed E-state index contributed by atoms with van der Waals surface area (Å²) in [6, 6.07) is 4.83. The Morgan fingerprint density at radius 3 is 2.61 bits per heavy atom. The normalized spacial score (nSPS) is 28.8. The summed E-state index contributed by atoms with van der Waals surface area (Å²) < 4.78 is 5.57. The molecule has 0 amide bonds. The molecule has 102 valence electrons. The van der Waals surface area contributed by atoms with E-state index in [2.05, 4.69) is 37.7 Å². The van der Waals surface area contributed by atoms with Crippen molar-refractivity contribution in [3.8, 4) is 0 Å². The van der Waals surface area contributed by atoms with Gasteiger partial charge in [0.25, 0.3) is 0 Å². The summed E-state index contributed by atoms with van der Waals surface area (Å²) in [5, 5.41) is 0. The minimum atomic E-state index is 0.0734. The predicted molar refractivity (Wildman–Crippen MR) is 73.3 cm³/mol. The molecule has 18 heavy (non-hydrogen) atoms. The van der Waals surface area contributed by atoms with Crippen LogP contribution in [0.25, 0.3) is 0 Å². The Labute approximate surface area is 110 Å². The van der Waals surface area contributed by atoms with Gasteiger partial charge in [0.05, 0.1) is 12.3 Å². The summed E-state index contributed by atoms with van der Waals surface area (Å²) in [7, 11) is 4.30. The summed E-state index contributed by atoms with van der Waals surface area (Å²) >= 11 is 0. The molecule has 4 heteroatoms. The second-order valence-electron chi connectivity index (χ2n) is 5.78. The van der Waals surface area contributed by atoms with Gasteiger partial charge in [-0.25, -0.2) is 0 Å². The topological polar surface area (TPSA) is 45.6 Å². The Morgan fingerprint density at radius 2 is 2.17 bits per heavy atom. The summed E-state index contributed by atoms with van der Waals surface area (Å²) in [6.07, 6.45) is 1.73. The molecule has 0 saturated carbocycles. The molecule has 4 atom stereocenters. The van der Waals surface area contributed by atoms with Crippen LogP contribution in [0.2, 0.25) is 0 Å². The molecule has 1 saturated heterocycles. The molecule has 0 bridgehead atoms. The maximum absolute atomic E-state index is 6.16. The lowest BCUT2D eigenvalue weighted by molar-refractivity contribution is 0.175. The number of likely N-dealkylation sites (tertiary alicyclic amines) is 1. The van der Waals surface area contributed by atoms with Gasteiger partial charge >= 0.3 is 0 Å². The Kier molecular flexibility index (Phi) is 4.10. The Morgan fingerprint density at radius 1 is 1.44 bits per heavy atom. The number of nitrogens with two attached hydrogens (primary N) is 1. The predicted octanol–water partition coefficient (Wildman–Crippen LogP) is 1.55. The molecule has 2 N–H and O–H groups in total. The van der Waals surface area contributed by atoms with Crippen LogP contribution < -0.4 is 5.73 Å². The van der Waals surface area contributed by atoms with Crippen LogP contribution in [0.3, 0.4) is 0 Å². The van der Waals surface area contributed by atoms with Crippen LogP contribution in [0.1, 0.15) is 25.6 Å². The van der Waals surface area contributed by atoms with E-state index in [9.17, 15) is 0 Å². The molecule has 1 fully saturated rings. The molecule has 1 aromatic rings. The van der Waals surface area contributed by atoms with Gasteiger partial charge in [-0.2, -0.15) is 0 Å². The average molecular weight is 251 g/mol. The van der Waals surface area contributed by atoms with E-state index in [1.165, 1.54) is 0 Å². The first kappa shape index (κ1) is 13.6. The van der Waals surface area contributed by atoms with Crippen molar-refractivity contribution in [3.05, 3.63) is 24.2 Å². The maximum Gasteiger partial charge on any atom is 0.122 e. The fourth-order valence-electron chi connectivity index (χ4n) is 3.12. The number of hydrogen-bond donors (Lipinski definition) is 1. The first-order chi connectivity index (χ1) is 8.50. The zero-order valence-electron chi connectivity index (χ0n) is 11.8. The third-order valence-electron chi connectivity index (χ3n) is 3.99. The van der Waals surface area contributed by atoms with E-state index in [1.54, 1.807) is 6.26 Å². The highest BCUT2D eigenvalue weighted by Crippen LogP contribution is 2.31. The van der Waals surface area contributed by atoms with Gasteiger partial charge < -0.3 is 15.1 Å². The van der Waals surface area contributed by atoms with Gasteiger partial charge in [-0.05, 0) is 39.1 Å². The van der Waals surface area contributed by atoms with E-state index in [0.29, 0.717) is 12.0 Å². The number of likely N-dealkylation sites (N-methyl/N-ethyl adjacent to an activating group) is 1. The lowest BCUT2D eigenvalue weighted by atomic mass is 10.1. The molecule has 2 heterocycles. The van der Waals surface area contributed by atoms with E-state index in [1.807, 2.05) is 12.1 Å². The SMILES string of the molecule is CC(N)C(c1ccco1)N1CC(C)C(N(C)C)C1. The van der Waals surface area contributed by atoms with Gasteiger partial charge in [0.15, 0.2) is 0 Å². The summed E-state index contributed by atoms with van der Waals surface area (Å²) in [5.41, 5.74) is 6.16. The molecule has 4 unspecified atom stereocenters. The van der Waals surface area contributed by atoms with Crippen LogP contribution >= 0.6 is 0 Å². The summed E-state index contributed by atoms with van der Waals surface area (Å²) in [4.78, 5) is 4.77. The lowest BCUT2D eigenvalue weighted by Gasteiger charge is -2.29. The first-order valence-electron chi connectivity index (χ1n) is 6.70. The first-order valence-corrected chi connectivity index (χ1v) is 6.70.